The molecule has 0 heterocycles. The predicted octanol–water partition coefficient (Wildman–Crippen LogP) is 1.40. The quantitative estimate of drug-likeness (QED) is 0.681. The van der Waals surface area contributed by atoms with E-state index >= 15 is 0 Å². The zero-order chi connectivity index (χ0) is 13.1. The van der Waals surface area contributed by atoms with Crippen LogP contribution in [-0.2, 0) is 0 Å². The molecule has 0 aromatic carbocycles. The third-order valence-corrected chi connectivity index (χ3v) is 4.29. The third-order valence-electron chi connectivity index (χ3n) is 4.29. The van der Waals surface area contributed by atoms with Crippen LogP contribution in [-0.4, -0.2) is 7.11 Å². The van der Waals surface area contributed by atoms with Gasteiger partial charge in [0.25, 0.3) is 0 Å². The molecule has 0 aliphatic heterocycles. The Morgan fingerprint density at radius 2 is 1.22 bits per heavy atom. The molecular formula is C16H33CsO. The molecule has 104 valence electrons. The fourth-order valence-electron chi connectivity index (χ4n) is 3.51. The molecule has 2 aliphatic rings. The van der Waals surface area contributed by atoms with Gasteiger partial charge in [-0.2, -0.15) is 7.11 Å². The third kappa shape index (κ3) is 9.04. The van der Waals surface area contributed by atoms with E-state index in [1.165, 1.54) is 32.1 Å². The summed E-state index contributed by atoms with van der Waals surface area (Å²) in [5, 5.41) is 8.25. The summed E-state index contributed by atoms with van der Waals surface area (Å²) in [6.45, 7) is 6.45. The van der Waals surface area contributed by atoms with E-state index in [1.807, 2.05) is 13.8 Å². The van der Waals surface area contributed by atoms with E-state index in [-0.39, 0.29) is 68.9 Å². The van der Waals surface area contributed by atoms with E-state index in [0.29, 0.717) is 0 Å². The normalized spacial score (nSPS) is 27.8. The molecule has 0 bridgehead atoms. The van der Waals surface area contributed by atoms with E-state index in [9.17, 15) is 0 Å². The summed E-state index contributed by atoms with van der Waals surface area (Å²) in [6.07, 6.45) is 13.8. The number of rotatable bonds is 1. The standard InChI is InChI=1S/C13H24.C2H6.CH3O.Cs/c1-11-6-5-9-13(10-11)12-7-3-2-4-8-12;2*1-2;/h11-13H,2-10H2,1H3;1-2H3;1H3;/q;;-1;+1. The molecule has 2 heteroatoms. The Morgan fingerprint density at radius 1 is 0.722 bits per heavy atom. The average molecular weight is 374 g/mol. The summed E-state index contributed by atoms with van der Waals surface area (Å²) in [7, 11) is 0.750. The van der Waals surface area contributed by atoms with Gasteiger partial charge in [0.15, 0.2) is 0 Å². The van der Waals surface area contributed by atoms with E-state index < -0.39 is 0 Å². The molecule has 0 spiro atoms. The summed E-state index contributed by atoms with van der Waals surface area (Å²) >= 11 is 0. The van der Waals surface area contributed by atoms with Crippen molar-refractivity contribution in [3.63, 3.8) is 0 Å². The Morgan fingerprint density at radius 3 is 1.72 bits per heavy atom. The van der Waals surface area contributed by atoms with Crippen LogP contribution in [0.1, 0.15) is 78.6 Å². The minimum absolute atomic E-state index is 0. The van der Waals surface area contributed by atoms with Gasteiger partial charge in [-0.05, 0) is 24.2 Å². The Labute approximate surface area is 174 Å². The molecule has 1 nitrogen and oxygen atoms in total. The molecule has 2 saturated carbocycles. The molecule has 2 atom stereocenters. The maximum Gasteiger partial charge on any atom is 1.00 e. The van der Waals surface area contributed by atoms with E-state index in [4.69, 9.17) is 5.11 Å². The Hall–Kier alpha value is 2.01. The van der Waals surface area contributed by atoms with Gasteiger partial charge in [0, 0.05) is 0 Å². The van der Waals surface area contributed by atoms with Crippen molar-refractivity contribution in [2.24, 2.45) is 17.8 Å². The smallest absolute Gasteiger partial charge is 0.857 e. The van der Waals surface area contributed by atoms with Gasteiger partial charge >= 0.3 is 68.9 Å². The van der Waals surface area contributed by atoms with Crippen LogP contribution in [0, 0.1) is 17.8 Å². The first kappa shape index (κ1) is 22.3. The monoisotopic (exact) mass is 374 g/mol. The summed E-state index contributed by atoms with van der Waals surface area (Å²) in [6, 6.07) is 0. The molecular weight excluding hydrogens is 341 g/mol. The van der Waals surface area contributed by atoms with Gasteiger partial charge in [-0.3, -0.25) is 0 Å². The van der Waals surface area contributed by atoms with Crippen molar-refractivity contribution >= 4 is 0 Å². The second-order valence-corrected chi connectivity index (χ2v) is 5.43. The fraction of sp³-hybridized carbons (Fsp3) is 1.00. The van der Waals surface area contributed by atoms with Gasteiger partial charge in [0.05, 0.1) is 0 Å². The molecule has 2 rings (SSSR count). The molecule has 0 N–H and O–H groups in total. The predicted molar refractivity (Wildman–Crippen MR) is 75.0 cm³/mol. The van der Waals surface area contributed by atoms with Gasteiger partial charge in [0.2, 0.25) is 0 Å². The van der Waals surface area contributed by atoms with Crippen molar-refractivity contribution in [3.05, 3.63) is 0 Å². The van der Waals surface area contributed by atoms with Gasteiger partial charge in [-0.15, -0.1) is 0 Å². The summed E-state index contributed by atoms with van der Waals surface area (Å²) in [4.78, 5) is 0. The second kappa shape index (κ2) is 15.4. The first-order valence-electron chi connectivity index (χ1n) is 7.77. The molecule has 0 radical (unpaired) electrons. The molecule has 18 heavy (non-hydrogen) atoms. The van der Waals surface area contributed by atoms with Crippen molar-refractivity contribution in [1.82, 2.24) is 0 Å². The van der Waals surface area contributed by atoms with Crippen molar-refractivity contribution in [1.29, 1.82) is 0 Å². The molecule has 2 fully saturated rings. The maximum atomic E-state index is 8.25. The Kier molecular flexibility index (Phi) is 19.1. The van der Waals surface area contributed by atoms with Crippen LogP contribution in [0.5, 0.6) is 0 Å². The van der Waals surface area contributed by atoms with Gasteiger partial charge in [0.1, 0.15) is 0 Å². The van der Waals surface area contributed by atoms with E-state index in [1.54, 1.807) is 25.7 Å². The zero-order valence-corrected chi connectivity index (χ0v) is 19.8. The molecule has 0 aromatic heterocycles. The molecule has 2 unspecified atom stereocenters. The van der Waals surface area contributed by atoms with Crippen LogP contribution in [0.3, 0.4) is 0 Å². The van der Waals surface area contributed by atoms with Crippen molar-refractivity contribution in [2.45, 2.75) is 78.6 Å². The minimum Gasteiger partial charge on any atom is -0.857 e. The summed E-state index contributed by atoms with van der Waals surface area (Å²) in [5.41, 5.74) is 0. The molecule has 2 aliphatic carbocycles. The number of hydrogen-bond donors (Lipinski definition) is 0. The fourth-order valence-corrected chi connectivity index (χ4v) is 3.51. The van der Waals surface area contributed by atoms with E-state index in [0.717, 1.165) is 24.9 Å². The summed E-state index contributed by atoms with van der Waals surface area (Å²) in [5.74, 6) is 3.27. The molecule has 0 aromatic rings. The first-order valence-corrected chi connectivity index (χ1v) is 7.77. The topological polar surface area (TPSA) is 23.1 Å². The van der Waals surface area contributed by atoms with Gasteiger partial charge < -0.3 is 5.11 Å². The van der Waals surface area contributed by atoms with Crippen LogP contribution in [0.15, 0.2) is 0 Å². The van der Waals surface area contributed by atoms with Crippen LogP contribution in [0.4, 0.5) is 0 Å². The second-order valence-electron chi connectivity index (χ2n) is 5.43. The molecule has 0 saturated heterocycles. The Bertz CT molecular complexity index is 155. The average Bonchev–Trinajstić information content (AvgIpc) is 2.44. The van der Waals surface area contributed by atoms with Gasteiger partial charge in [-0.1, -0.05) is 72.1 Å². The van der Waals surface area contributed by atoms with Crippen LogP contribution >= 0.6 is 0 Å². The number of hydrogen-bond acceptors (Lipinski definition) is 1. The van der Waals surface area contributed by atoms with Crippen LogP contribution < -0.4 is 74.0 Å². The SMILES string of the molecule is CC.CC1CCCC(C2CCCCC2)C1.C[O-].[Cs+]. The minimum atomic E-state index is 0. The molecule has 0 amide bonds. The summed E-state index contributed by atoms with van der Waals surface area (Å²) < 4.78 is 0. The van der Waals surface area contributed by atoms with Gasteiger partial charge in [-0.25, -0.2) is 0 Å². The van der Waals surface area contributed by atoms with Crippen molar-refractivity contribution in [3.8, 4) is 0 Å². The zero-order valence-electron chi connectivity index (χ0n) is 13.5. The van der Waals surface area contributed by atoms with Crippen molar-refractivity contribution in [2.75, 3.05) is 7.11 Å². The Balaban J connectivity index is 0. The largest absolute Gasteiger partial charge is 1.00 e. The van der Waals surface area contributed by atoms with Crippen molar-refractivity contribution < 1.29 is 74.0 Å². The first-order chi connectivity index (χ1) is 8.36. The van der Waals surface area contributed by atoms with Crippen LogP contribution in [0.2, 0.25) is 0 Å². The van der Waals surface area contributed by atoms with Crippen LogP contribution in [0.25, 0.3) is 0 Å². The maximum absolute atomic E-state index is 8.25. The van der Waals surface area contributed by atoms with E-state index in [2.05, 4.69) is 6.92 Å².